The van der Waals surface area contributed by atoms with Crippen molar-refractivity contribution in [2.45, 2.75) is 25.9 Å². The van der Waals surface area contributed by atoms with Gasteiger partial charge in [0.2, 0.25) is 0 Å². The van der Waals surface area contributed by atoms with Crippen LogP contribution in [0, 0.1) is 0 Å². The van der Waals surface area contributed by atoms with E-state index in [9.17, 15) is 0 Å². The Morgan fingerprint density at radius 3 is 2.95 bits per heavy atom. The number of nitrogens with one attached hydrogen (secondary N) is 1. The highest BCUT2D eigenvalue weighted by molar-refractivity contribution is 5.34. The van der Waals surface area contributed by atoms with Gasteiger partial charge in [0.05, 0.1) is 25.0 Å². The van der Waals surface area contributed by atoms with Gasteiger partial charge in [-0.05, 0) is 31.2 Å². The number of ether oxygens (including phenoxy) is 1. The highest BCUT2D eigenvalue weighted by Gasteiger charge is 2.17. The van der Waals surface area contributed by atoms with E-state index in [0.717, 1.165) is 30.0 Å². The number of hydrogen-bond donors (Lipinski definition) is 1. The third-order valence-corrected chi connectivity index (χ3v) is 3.09. The molecular weight excluding hydrogens is 240 g/mol. The minimum Gasteiger partial charge on any atom is -0.497 e. The molecule has 0 bridgehead atoms. The number of methoxy groups -OCH3 is 1. The van der Waals surface area contributed by atoms with Gasteiger partial charge >= 0.3 is 0 Å². The average molecular weight is 260 g/mol. The summed E-state index contributed by atoms with van der Waals surface area (Å²) in [5.74, 6) is 0.854. The second-order valence-corrected chi connectivity index (χ2v) is 4.38. The first-order valence-electron chi connectivity index (χ1n) is 6.49. The summed E-state index contributed by atoms with van der Waals surface area (Å²) in [6.07, 6.45) is 2.85. The zero-order chi connectivity index (χ0) is 13.7. The molecule has 19 heavy (non-hydrogen) atoms. The van der Waals surface area contributed by atoms with Gasteiger partial charge in [-0.25, -0.2) is 4.68 Å². The standard InChI is InChI=1S/C14H20N4O/c1-4-8-18-13(10-16-17-18)14(15-2)11-6-5-7-12(9-11)19-3/h5-7,9-10,14-15H,4,8H2,1-3H3. The topological polar surface area (TPSA) is 52.0 Å². The van der Waals surface area contributed by atoms with Gasteiger partial charge in [-0.1, -0.05) is 24.3 Å². The third kappa shape index (κ3) is 2.93. The van der Waals surface area contributed by atoms with Crippen molar-refractivity contribution in [1.29, 1.82) is 0 Å². The zero-order valence-electron chi connectivity index (χ0n) is 11.6. The van der Waals surface area contributed by atoms with Crippen molar-refractivity contribution in [1.82, 2.24) is 20.3 Å². The maximum Gasteiger partial charge on any atom is 0.119 e. The second-order valence-electron chi connectivity index (χ2n) is 4.38. The summed E-state index contributed by atoms with van der Waals surface area (Å²) in [7, 11) is 3.61. The van der Waals surface area contributed by atoms with E-state index in [0.29, 0.717) is 0 Å². The first kappa shape index (κ1) is 13.5. The van der Waals surface area contributed by atoms with Gasteiger partial charge in [-0.2, -0.15) is 0 Å². The molecule has 0 aliphatic carbocycles. The van der Waals surface area contributed by atoms with Crippen molar-refractivity contribution in [3.63, 3.8) is 0 Å². The number of hydrogen-bond acceptors (Lipinski definition) is 4. The second kappa shape index (κ2) is 6.33. The Hall–Kier alpha value is -1.88. The largest absolute Gasteiger partial charge is 0.497 e. The molecule has 1 unspecified atom stereocenters. The van der Waals surface area contributed by atoms with E-state index in [1.165, 1.54) is 0 Å². The molecule has 0 saturated carbocycles. The lowest BCUT2D eigenvalue weighted by molar-refractivity contribution is 0.413. The minimum absolute atomic E-state index is 0.0663. The van der Waals surface area contributed by atoms with Crippen molar-refractivity contribution in [2.75, 3.05) is 14.2 Å². The van der Waals surface area contributed by atoms with Gasteiger partial charge in [0.1, 0.15) is 5.75 Å². The molecule has 0 aliphatic rings. The molecule has 2 rings (SSSR count). The monoisotopic (exact) mass is 260 g/mol. The predicted octanol–water partition coefficient (Wildman–Crippen LogP) is 2.01. The predicted molar refractivity (Wildman–Crippen MR) is 74.2 cm³/mol. The fourth-order valence-corrected chi connectivity index (χ4v) is 2.18. The van der Waals surface area contributed by atoms with Crippen LogP contribution in [0.4, 0.5) is 0 Å². The first-order chi connectivity index (χ1) is 9.30. The molecule has 2 aromatic rings. The summed E-state index contributed by atoms with van der Waals surface area (Å²) < 4.78 is 7.22. The highest BCUT2D eigenvalue weighted by Crippen LogP contribution is 2.24. The number of rotatable bonds is 6. The van der Waals surface area contributed by atoms with E-state index in [1.807, 2.05) is 36.1 Å². The molecule has 1 N–H and O–H groups in total. The molecule has 0 spiro atoms. The number of aromatic nitrogens is 3. The maximum atomic E-state index is 5.28. The smallest absolute Gasteiger partial charge is 0.119 e. The van der Waals surface area contributed by atoms with Crippen LogP contribution in [0.1, 0.15) is 30.6 Å². The van der Waals surface area contributed by atoms with Crippen LogP contribution in [0.5, 0.6) is 5.75 Å². The van der Waals surface area contributed by atoms with Crippen molar-refractivity contribution in [3.8, 4) is 5.75 Å². The SMILES string of the molecule is CCCn1nncc1C(NC)c1cccc(OC)c1. The fourth-order valence-electron chi connectivity index (χ4n) is 2.18. The molecule has 0 aliphatic heterocycles. The van der Waals surface area contributed by atoms with E-state index in [-0.39, 0.29) is 6.04 Å². The molecule has 102 valence electrons. The Morgan fingerprint density at radius 1 is 1.42 bits per heavy atom. The molecule has 0 radical (unpaired) electrons. The molecule has 1 aromatic carbocycles. The summed E-state index contributed by atoms with van der Waals surface area (Å²) in [5.41, 5.74) is 2.21. The van der Waals surface area contributed by atoms with Crippen LogP contribution in [0.2, 0.25) is 0 Å². The Balaban J connectivity index is 2.35. The van der Waals surface area contributed by atoms with Gasteiger partial charge in [0, 0.05) is 6.54 Å². The summed E-state index contributed by atoms with van der Waals surface area (Å²) in [6.45, 7) is 3.00. The maximum absolute atomic E-state index is 5.28. The number of nitrogens with zero attached hydrogens (tertiary/aromatic N) is 3. The van der Waals surface area contributed by atoms with E-state index < -0.39 is 0 Å². The summed E-state index contributed by atoms with van der Waals surface area (Å²) >= 11 is 0. The molecule has 1 aromatic heterocycles. The Morgan fingerprint density at radius 2 is 2.26 bits per heavy atom. The molecule has 0 saturated heterocycles. The molecule has 5 heteroatoms. The van der Waals surface area contributed by atoms with Gasteiger partial charge < -0.3 is 10.1 Å². The summed E-state index contributed by atoms with van der Waals surface area (Å²) in [4.78, 5) is 0. The van der Waals surface area contributed by atoms with Gasteiger partial charge in [-0.15, -0.1) is 5.10 Å². The number of benzene rings is 1. The van der Waals surface area contributed by atoms with Crippen LogP contribution < -0.4 is 10.1 Å². The lowest BCUT2D eigenvalue weighted by Crippen LogP contribution is -2.21. The van der Waals surface area contributed by atoms with E-state index in [1.54, 1.807) is 7.11 Å². The molecule has 5 nitrogen and oxygen atoms in total. The van der Waals surface area contributed by atoms with Crippen LogP contribution in [-0.4, -0.2) is 29.2 Å². The van der Waals surface area contributed by atoms with Crippen LogP contribution in [0.15, 0.2) is 30.5 Å². The van der Waals surface area contributed by atoms with Gasteiger partial charge in [0.15, 0.2) is 0 Å². The highest BCUT2D eigenvalue weighted by atomic mass is 16.5. The summed E-state index contributed by atoms with van der Waals surface area (Å²) in [5, 5.41) is 11.5. The molecule has 1 heterocycles. The minimum atomic E-state index is 0.0663. The van der Waals surface area contributed by atoms with Crippen molar-refractivity contribution < 1.29 is 4.74 Å². The van der Waals surface area contributed by atoms with E-state index >= 15 is 0 Å². The van der Waals surface area contributed by atoms with Crippen LogP contribution in [-0.2, 0) is 6.54 Å². The van der Waals surface area contributed by atoms with Crippen LogP contribution in [0.25, 0.3) is 0 Å². The van der Waals surface area contributed by atoms with E-state index in [4.69, 9.17) is 4.74 Å². The zero-order valence-corrected chi connectivity index (χ0v) is 11.6. The average Bonchev–Trinajstić information content (AvgIpc) is 2.89. The fraction of sp³-hybridized carbons (Fsp3) is 0.429. The summed E-state index contributed by atoms with van der Waals surface area (Å²) in [6, 6.07) is 8.11. The molecule has 1 atom stereocenters. The Bertz CT molecular complexity index is 524. The third-order valence-electron chi connectivity index (χ3n) is 3.09. The molecule has 0 amide bonds. The van der Waals surface area contributed by atoms with Crippen molar-refractivity contribution >= 4 is 0 Å². The van der Waals surface area contributed by atoms with Gasteiger partial charge in [-0.3, -0.25) is 0 Å². The normalized spacial score (nSPS) is 12.4. The lowest BCUT2D eigenvalue weighted by Gasteiger charge is -2.18. The molecular formula is C14H20N4O. The van der Waals surface area contributed by atoms with Crippen molar-refractivity contribution in [2.24, 2.45) is 0 Å². The lowest BCUT2D eigenvalue weighted by atomic mass is 10.0. The first-order valence-corrected chi connectivity index (χ1v) is 6.49. The Kier molecular flexibility index (Phi) is 4.52. The van der Waals surface area contributed by atoms with Crippen LogP contribution in [0.3, 0.4) is 0 Å². The van der Waals surface area contributed by atoms with Crippen molar-refractivity contribution in [3.05, 3.63) is 41.7 Å². The quantitative estimate of drug-likeness (QED) is 0.863. The van der Waals surface area contributed by atoms with E-state index in [2.05, 4.69) is 28.6 Å². The Labute approximate surface area is 113 Å². The number of aryl methyl sites for hydroxylation is 1. The molecule has 0 fully saturated rings. The van der Waals surface area contributed by atoms with Gasteiger partial charge in [0.25, 0.3) is 0 Å². The van der Waals surface area contributed by atoms with Crippen LogP contribution >= 0.6 is 0 Å².